The van der Waals surface area contributed by atoms with Crippen molar-refractivity contribution >= 4 is 17.7 Å². The quantitative estimate of drug-likeness (QED) is 0.758. The van der Waals surface area contributed by atoms with E-state index in [0.29, 0.717) is 6.42 Å². The van der Waals surface area contributed by atoms with Crippen LogP contribution >= 0.6 is 11.8 Å². The van der Waals surface area contributed by atoms with Crippen LogP contribution in [0.1, 0.15) is 26.0 Å². The Kier molecular flexibility index (Phi) is 4.81. The Bertz CT molecular complexity index is 432. The Labute approximate surface area is 112 Å². The van der Waals surface area contributed by atoms with Gasteiger partial charge in [-0.1, -0.05) is 6.92 Å². The maximum absolute atomic E-state index is 11.4. The van der Waals surface area contributed by atoms with Gasteiger partial charge < -0.3 is 11.1 Å². The number of thioether (sulfide) groups is 1. The lowest BCUT2D eigenvalue weighted by atomic mass is 9.95. The van der Waals surface area contributed by atoms with E-state index >= 15 is 0 Å². The van der Waals surface area contributed by atoms with Crippen LogP contribution in [0.2, 0.25) is 0 Å². The van der Waals surface area contributed by atoms with Gasteiger partial charge in [-0.2, -0.15) is 5.10 Å². The van der Waals surface area contributed by atoms with E-state index in [-0.39, 0.29) is 11.2 Å². The first-order valence-electron chi connectivity index (χ1n) is 5.94. The van der Waals surface area contributed by atoms with Crippen LogP contribution < -0.4 is 11.1 Å². The highest BCUT2D eigenvalue weighted by Crippen LogP contribution is 2.28. The van der Waals surface area contributed by atoms with Crippen molar-refractivity contribution in [3.8, 4) is 0 Å². The molecule has 0 saturated heterocycles. The third-order valence-electron chi connectivity index (χ3n) is 3.07. The molecule has 0 aliphatic heterocycles. The minimum atomic E-state index is -0.667. The molecule has 1 aromatic heterocycles. The standard InChI is InChI=1S/C12H22N4OS/c1-8-6-10(16(5)15-8)18-9(2)7-12(3,14-4)11(13)17/h6,9,14H,7H2,1-5H3,(H2,13,17). The van der Waals surface area contributed by atoms with Crippen molar-refractivity contribution < 1.29 is 4.79 Å². The van der Waals surface area contributed by atoms with Crippen molar-refractivity contribution in [2.75, 3.05) is 7.05 Å². The number of carbonyl (C=O) groups is 1. The molecule has 5 nitrogen and oxygen atoms in total. The molecule has 0 aromatic carbocycles. The monoisotopic (exact) mass is 270 g/mol. The zero-order valence-corrected chi connectivity index (χ0v) is 12.5. The number of carbonyl (C=O) groups excluding carboxylic acids is 1. The summed E-state index contributed by atoms with van der Waals surface area (Å²) in [5.74, 6) is -0.321. The van der Waals surface area contributed by atoms with E-state index in [0.717, 1.165) is 10.7 Å². The first kappa shape index (κ1) is 15.0. The summed E-state index contributed by atoms with van der Waals surface area (Å²) in [6, 6.07) is 2.04. The first-order valence-corrected chi connectivity index (χ1v) is 6.82. The lowest BCUT2D eigenvalue weighted by Crippen LogP contribution is -2.52. The van der Waals surface area contributed by atoms with E-state index in [4.69, 9.17) is 5.73 Å². The second-order valence-corrected chi connectivity index (χ2v) is 6.29. The molecule has 0 saturated carbocycles. The fourth-order valence-corrected chi connectivity index (χ4v) is 3.11. The number of primary amides is 1. The first-order chi connectivity index (χ1) is 8.28. The third-order valence-corrected chi connectivity index (χ3v) is 4.26. The zero-order chi connectivity index (χ0) is 13.9. The average molecular weight is 270 g/mol. The molecule has 102 valence electrons. The SMILES string of the molecule is CNC(C)(CC(C)Sc1cc(C)nn1C)C(N)=O. The van der Waals surface area contributed by atoms with Crippen LogP contribution in [-0.2, 0) is 11.8 Å². The average Bonchev–Trinajstić information content (AvgIpc) is 2.56. The lowest BCUT2D eigenvalue weighted by molar-refractivity contribution is -0.123. The summed E-state index contributed by atoms with van der Waals surface area (Å²) in [7, 11) is 3.68. The molecule has 6 heteroatoms. The van der Waals surface area contributed by atoms with Crippen LogP contribution in [0, 0.1) is 6.92 Å². The van der Waals surface area contributed by atoms with Crippen LogP contribution in [-0.4, -0.2) is 33.5 Å². The van der Waals surface area contributed by atoms with Crippen molar-refractivity contribution in [2.24, 2.45) is 12.8 Å². The van der Waals surface area contributed by atoms with Gasteiger partial charge >= 0.3 is 0 Å². The van der Waals surface area contributed by atoms with Crippen molar-refractivity contribution in [1.29, 1.82) is 0 Å². The van der Waals surface area contributed by atoms with Crippen LogP contribution in [0.4, 0.5) is 0 Å². The summed E-state index contributed by atoms with van der Waals surface area (Å²) in [6.45, 7) is 5.89. The molecule has 0 aliphatic rings. The van der Waals surface area contributed by atoms with Gasteiger partial charge in [-0.25, -0.2) is 0 Å². The molecule has 1 heterocycles. The summed E-state index contributed by atoms with van der Waals surface area (Å²) < 4.78 is 1.86. The molecule has 1 rings (SSSR count). The number of nitrogens with two attached hydrogens (primary N) is 1. The van der Waals surface area contributed by atoms with Gasteiger partial charge in [-0.05, 0) is 33.4 Å². The molecule has 1 aromatic rings. The Balaban J connectivity index is 2.69. The van der Waals surface area contributed by atoms with E-state index < -0.39 is 5.54 Å². The maximum Gasteiger partial charge on any atom is 0.237 e. The molecular formula is C12H22N4OS. The molecule has 0 bridgehead atoms. The highest BCUT2D eigenvalue weighted by molar-refractivity contribution is 7.99. The number of nitrogens with one attached hydrogen (secondary N) is 1. The predicted octanol–water partition coefficient (Wildman–Crippen LogP) is 1.06. The number of hydrogen-bond acceptors (Lipinski definition) is 4. The highest BCUT2D eigenvalue weighted by Gasteiger charge is 2.31. The topological polar surface area (TPSA) is 72.9 Å². The molecule has 0 spiro atoms. The fraction of sp³-hybridized carbons (Fsp3) is 0.667. The number of hydrogen-bond donors (Lipinski definition) is 2. The largest absolute Gasteiger partial charge is 0.368 e. The molecule has 0 radical (unpaired) electrons. The molecule has 18 heavy (non-hydrogen) atoms. The Morgan fingerprint density at radius 3 is 2.72 bits per heavy atom. The summed E-state index contributed by atoms with van der Waals surface area (Å²) in [4.78, 5) is 11.4. The van der Waals surface area contributed by atoms with E-state index in [1.54, 1.807) is 18.8 Å². The van der Waals surface area contributed by atoms with Crippen molar-refractivity contribution in [3.05, 3.63) is 11.8 Å². The van der Waals surface area contributed by atoms with Crippen LogP contribution in [0.3, 0.4) is 0 Å². The Hall–Kier alpha value is -1.01. The highest BCUT2D eigenvalue weighted by atomic mass is 32.2. The van der Waals surface area contributed by atoms with Gasteiger partial charge in [-0.15, -0.1) is 11.8 Å². The molecular weight excluding hydrogens is 248 g/mol. The van der Waals surface area contributed by atoms with Gasteiger partial charge in [0, 0.05) is 12.3 Å². The molecule has 2 unspecified atom stereocenters. The maximum atomic E-state index is 11.4. The Morgan fingerprint density at radius 1 is 1.72 bits per heavy atom. The number of aryl methyl sites for hydroxylation is 2. The third kappa shape index (κ3) is 3.49. The van der Waals surface area contributed by atoms with E-state index in [1.807, 2.05) is 31.6 Å². The van der Waals surface area contributed by atoms with Crippen molar-refractivity contribution in [3.63, 3.8) is 0 Å². The van der Waals surface area contributed by atoms with Gasteiger partial charge in [0.2, 0.25) is 5.91 Å². The van der Waals surface area contributed by atoms with Crippen LogP contribution in [0.15, 0.2) is 11.1 Å². The Morgan fingerprint density at radius 2 is 2.33 bits per heavy atom. The number of nitrogens with zero attached hydrogens (tertiary/aromatic N) is 2. The normalized spacial score (nSPS) is 16.3. The van der Waals surface area contributed by atoms with E-state index in [9.17, 15) is 4.79 Å². The number of rotatable bonds is 6. The lowest BCUT2D eigenvalue weighted by Gasteiger charge is -2.28. The summed E-state index contributed by atoms with van der Waals surface area (Å²) in [5.41, 5.74) is 5.76. The summed E-state index contributed by atoms with van der Waals surface area (Å²) in [6.07, 6.45) is 0.674. The summed E-state index contributed by atoms with van der Waals surface area (Å²) in [5, 5.41) is 8.68. The van der Waals surface area contributed by atoms with Crippen molar-refractivity contribution in [2.45, 2.75) is 43.0 Å². The zero-order valence-electron chi connectivity index (χ0n) is 11.7. The predicted molar refractivity (Wildman–Crippen MR) is 74.5 cm³/mol. The fourth-order valence-electron chi connectivity index (χ4n) is 1.85. The number of amides is 1. The van der Waals surface area contributed by atoms with Gasteiger partial charge in [0.05, 0.1) is 16.3 Å². The van der Waals surface area contributed by atoms with Gasteiger partial charge in [0.15, 0.2) is 0 Å². The summed E-state index contributed by atoms with van der Waals surface area (Å²) >= 11 is 1.70. The number of aromatic nitrogens is 2. The smallest absolute Gasteiger partial charge is 0.237 e. The molecule has 3 N–H and O–H groups in total. The van der Waals surface area contributed by atoms with Gasteiger partial charge in [0.1, 0.15) is 0 Å². The number of likely N-dealkylation sites (N-methyl/N-ethyl adjacent to an activating group) is 1. The van der Waals surface area contributed by atoms with Gasteiger partial charge in [0.25, 0.3) is 0 Å². The minimum Gasteiger partial charge on any atom is -0.368 e. The van der Waals surface area contributed by atoms with Crippen LogP contribution in [0.5, 0.6) is 0 Å². The molecule has 0 aliphatic carbocycles. The van der Waals surface area contributed by atoms with Crippen LogP contribution in [0.25, 0.3) is 0 Å². The molecule has 1 amide bonds. The molecule has 0 fully saturated rings. The minimum absolute atomic E-state index is 0.268. The van der Waals surface area contributed by atoms with E-state index in [2.05, 4.69) is 17.3 Å². The van der Waals surface area contributed by atoms with E-state index in [1.165, 1.54) is 0 Å². The second-order valence-electron chi connectivity index (χ2n) is 4.83. The second kappa shape index (κ2) is 5.75. The van der Waals surface area contributed by atoms with Gasteiger partial charge in [-0.3, -0.25) is 9.48 Å². The molecule has 2 atom stereocenters. The van der Waals surface area contributed by atoms with Crippen molar-refractivity contribution in [1.82, 2.24) is 15.1 Å².